The lowest BCUT2D eigenvalue weighted by Gasteiger charge is -2.34. The molecule has 0 N–H and O–H groups in total. The van der Waals surface area contributed by atoms with Gasteiger partial charge in [0.2, 0.25) is 6.33 Å². The van der Waals surface area contributed by atoms with Crippen LogP contribution in [0.5, 0.6) is 11.5 Å². The fourth-order valence-corrected chi connectivity index (χ4v) is 11.0. The van der Waals surface area contributed by atoms with Crippen LogP contribution < -0.4 is 39.5 Å². The van der Waals surface area contributed by atoms with Crippen molar-refractivity contribution >= 4 is 91.9 Å². The number of hydrogen-bond acceptors (Lipinski definition) is 6. The number of ether oxygens (including phenoxy) is 1. The Bertz CT molecular complexity index is 3490. The van der Waals surface area contributed by atoms with E-state index >= 15 is 0 Å². The maximum absolute atomic E-state index is 8.49. The number of fused-ring (bicyclic) bond motifs is 8. The van der Waals surface area contributed by atoms with Crippen LogP contribution in [-0.4, -0.2) is 42.2 Å². The summed E-state index contributed by atoms with van der Waals surface area (Å²) >= 11 is 0. The second-order valence-electron chi connectivity index (χ2n) is 16.8. The number of hydrogen-bond donors (Lipinski definition) is 0. The molecule has 9 aromatic rings. The molecular weight excluding hydrogens is 738 g/mol. The first-order valence-corrected chi connectivity index (χ1v) is 20.5. The fourth-order valence-electron chi connectivity index (χ4n) is 11.0. The van der Waals surface area contributed by atoms with Gasteiger partial charge < -0.3 is 33.1 Å². The number of imidazole rings is 1. The SMILES string of the molecule is [2H]C([2H])([2H])[n+]1[c-]n2c3c4c(ccc31)N(C)B(c1c(C)cccc1C)N4c1ccc(Oc3ccc4c5cccc6c5n(c4c3)-c3nccc4c3N6B(c3c(C)cccc3C)N4C)cc1-2. The van der Waals surface area contributed by atoms with Crippen molar-refractivity contribution in [2.24, 2.45) is 6.98 Å². The van der Waals surface area contributed by atoms with Gasteiger partial charge in [-0.3, -0.25) is 4.57 Å². The van der Waals surface area contributed by atoms with Gasteiger partial charge in [0.25, 0.3) is 0 Å². The molecule has 4 aliphatic rings. The molecule has 0 spiro atoms. The molecule has 0 aliphatic carbocycles. The van der Waals surface area contributed by atoms with Crippen LogP contribution in [0.25, 0.3) is 44.3 Å². The van der Waals surface area contributed by atoms with Gasteiger partial charge in [-0.15, -0.1) is 0 Å². The second kappa shape index (κ2) is 11.5. The highest BCUT2D eigenvalue weighted by molar-refractivity contribution is 6.85. The third-order valence-corrected chi connectivity index (χ3v) is 13.6. The quantitative estimate of drug-likeness (QED) is 0.102. The van der Waals surface area contributed by atoms with Gasteiger partial charge in [0.1, 0.15) is 11.5 Å². The predicted octanol–water partition coefficient (Wildman–Crippen LogP) is 8.37. The molecule has 0 saturated carbocycles. The van der Waals surface area contributed by atoms with E-state index in [4.69, 9.17) is 13.8 Å². The van der Waals surface area contributed by atoms with Crippen LogP contribution in [0.15, 0.2) is 115 Å². The van der Waals surface area contributed by atoms with Crippen molar-refractivity contribution in [3.8, 4) is 23.0 Å². The average molecular weight is 782 g/mol. The lowest BCUT2D eigenvalue weighted by Crippen LogP contribution is -2.55. The molecule has 0 radical (unpaired) electrons. The number of anilines is 6. The molecule has 9 nitrogen and oxygen atoms in total. The Morgan fingerprint density at radius 1 is 0.617 bits per heavy atom. The summed E-state index contributed by atoms with van der Waals surface area (Å²) in [5.74, 6) is 2.19. The normalized spacial score (nSPS) is 15.3. The molecule has 0 bridgehead atoms. The van der Waals surface area contributed by atoms with Gasteiger partial charge in [0.05, 0.1) is 61.6 Å². The Hall–Kier alpha value is -7.13. The van der Waals surface area contributed by atoms with Crippen LogP contribution >= 0.6 is 0 Å². The van der Waals surface area contributed by atoms with Gasteiger partial charge in [-0.05, 0) is 101 Å². The molecule has 13 rings (SSSR count). The van der Waals surface area contributed by atoms with Crippen LogP contribution in [0.1, 0.15) is 26.4 Å². The number of rotatable bonds is 4. The molecule has 3 aromatic heterocycles. The van der Waals surface area contributed by atoms with Gasteiger partial charge in [-0.1, -0.05) is 76.9 Å². The van der Waals surface area contributed by atoms with Crippen LogP contribution in [0.4, 0.5) is 34.1 Å². The van der Waals surface area contributed by atoms with E-state index in [1.807, 2.05) is 41.1 Å². The third-order valence-electron chi connectivity index (χ3n) is 13.6. The maximum Gasteiger partial charge on any atom is 0.416 e. The third kappa shape index (κ3) is 4.09. The standard InChI is InChI=1S/C49H40B2N8O/c1-28-11-8-12-29(2)43(28)50-54(6)38-22-21-37-46-47(38)58(50)36-20-18-33(26-42(36)56(46)27-53(37)5)60-32-17-19-34-35-15-10-16-40-45(35)57(41(34)25-32)49-48-39(23-24-52-49)55(7)51(59(40)48)44-30(3)13-9-14-31(44)4/h8-26H,1-7H3/i5D3. The van der Waals surface area contributed by atoms with Crippen molar-refractivity contribution in [3.05, 3.63) is 144 Å². The molecule has 60 heavy (non-hydrogen) atoms. The van der Waals surface area contributed by atoms with Crippen LogP contribution in [0.2, 0.25) is 0 Å². The van der Waals surface area contributed by atoms with Crippen LogP contribution in [0.3, 0.4) is 0 Å². The molecule has 0 amide bonds. The summed E-state index contributed by atoms with van der Waals surface area (Å²) in [6, 6.07) is 38.1. The average Bonchev–Trinajstić information content (AvgIpc) is 3.98. The highest BCUT2D eigenvalue weighted by Crippen LogP contribution is 2.54. The minimum Gasteiger partial charge on any atom is -0.458 e. The zero-order valence-corrected chi connectivity index (χ0v) is 34.1. The minimum atomic E-state index is -2.44. The molecule has 6 aromatic carbocycles. The van der Waals surface area contributed by atoms with Crippen molar-refractivity contribution in [2.45, 2.75) is 27.7 Å². The van der Waals surface area contributed by atoms with E-state index in [0.717, 1.165) is 73.0 Å². The summed E-state index contributed by atoms with van der Waals surface area (Å²) in [5.41, 5.74) is 18.0. The summed E-state index contributed by atoms with van der Waals surface area (Å²) in [7, 11) is 4.31. The summed E-state index contributed by atoms with van der Waals surface area (Å²) in [5, 5.41) is 2.26. The zero-order chi connectivity index (χ0) is 43.0. The van der Waals surface area contributed by atoms with Crippen molar-refractivity contribution in [3.63, 3.8) is 0 Å². The van der Waals surface area contributed by atoms with Crippen molar-refractivity contribution in [1.29, 1.82) is 0 Å². The van der Waals surface area contributed by atoms with Crippen molar-refractivity contribution in [1.82, 2.24) is 14.1 Å². The largest absolute Gasteiger partial charge is 0.458 e. The van der Waals surface area contributed by atoms with Gasteiger partial charge in [-0.25, -0.2) is 4.98 Å². The number of pyridine rings is 1. The molecule has 7 heterocycles. The number of benzene rings is 6. The van der Waals surface area contributed by atoms with Gasteiger partial charge >= 0.3 is 14.0 Å². The summed E-state index contributed by atoms with van der Waals surface area (Å²) < 4.78 is 37.8. The molecule has 0 saturated heterocycles. The molecule has 0 fully saturated rings. The van der Waals surface area contributed by atoms with E-state index in [9.17, 15) is 0 Å². The first-order valence-electron chi connectivity index (χ1n) is 22.0. The van der Waals surface area contributed by atoms with E-state index < -0.39 is 6.98 Å². The highest BCUT2D eigenvalue weighted by Gasteiger charge is 2.48. The van der Waals surface area contributed by atoms with Gasteiger partial charge in [-0.2, -0.15) is 0 Å². The second-order valence-corrected chi connectivity index (χ2v) is 16.8. The predicted molar refractivity (Wildman–Crippen MR) is 246 cm³/mol. The Balaban J connectivity index is 0.969. The topological polar surface area (TPSA) is 48.8 Å². The minimum absolute atomic E-state index is 0.0343. The molecule has 0 atom stereocenters. The summed E-state index contributed by atoms with van der Waals surface area (Å²) in [6.07, 6.45) is 5.17. The molecule has 0 unspecified atom stereocenters. The van der Waals surface area contributed by atoms with Crippen LogP contribution in [0, 0.1) is 34.0 Å². The van der Waals surface area contributed by atoms with E-state index in [1.54, 1.807) is 0 Å². The molecular formula is C49H40B2N8O. The highest BCUT2D eigenvalue weighted by atomic mass is 16.5. The smallest absolute Gasteiger partial charge is 0.416 e. The molecule has 11 heteroatoms. The van der Waals surface area contributed by atoms with Gasteiger partial charge in [0.15, 0.2) is 5.82 Å². The number of aromatic nitrogens is 4. The summed E-state index contributed by atoms with van der Waals surface area (Å²) in [6.45, 7) is 6.11. The van der Waals surface area contributed by atoms with E-state index in [0.29, 0.717) is 17.0 Å². The fraction of sp³-hybridized carbons (Fsp3) is 0.143. The Labute approximate surface area is 353 Å². The van der Waals surface area contributed by atoms with Crippen molar-refractivity contribution < 1.29 is 13.4 Å². The van der Waals surface area contributed by atoms with E-state index in [2.05, 4.69) is 151 Å². The number of nitrogens with zero attached hydrogens (tertiary/aromatic N) is 8. The van der Waals surface area contributed by atoms with Crippen LogP contribution in [-0.2, 0) is 6.98 Å². The zero-order valence-electron chi connectivity index (χ0n) is 37.1. The lowest BCUT2D eigenvalue weighted by molar-refractivity contribution is -0.649. The molecule has 4 aliphatic heterocycles. The maximum atomic E-state index is 8.49. The van der Waals surface area contributed by atoms with E-state index in [1.165, 1.54) is 37.7 Å². The Kier molecular flexibility index (Phi) is 5.94. The summed E-state index contributed by atoms with van der Waals surface area (Å²) in [4.78, 5) is 14.6. The lowest BCUT2D eigenvalue weighted by atomic mass is 9.61. The van der Waals surface area contributed by atoms with E-state index in [-0.39, 0.29) is 14.0 Å². The van der Waals surface area contributed by atoms with Crippen molar-refractivity contribution in [2.75, 3.05) is 33.3 Å². The van der Waals surface area contributed by atoms with Gasteiger partial charge in [0, 0.05) is 34.4 Å². The monoisotopic (exact) mass is 781 g/mol. The number of aryl methyl sites for hydroxylation is 5. The number of para-hydroxylation sites is 1. The molecule has 288 valence electrons. The Morgan fingerprint density at radius 2 is 1.25 bits per heavy atom. The Morgan fingerprint density at radius 3 is 1.97 bits per heavy atom. The first kappa shape index (κ1) is 30.9. The first-order chi connectivity index (χ1) is 30.4.